The Bertz CT molecular complexity index is 423. The van der Waals surface area contributed by atoms with E-state index in [1.165, 1.54) is 0 Å². The predicted molar refractivity (Wildman–Crippen MR) is 50.4 cm³/mol. The summed E-state index contributed by atoms with van der Waals surface area (Å²) in [5.74, 6) is 0. The second-order valence-corrected chi connectivity index (χ2v) is 4.16. The first-order valence-corrected chi connectivity index (χ1v) is 4.43. The van der Waals surface area contributed by atoms with E-state index in [-0.39, 0.29) is 5.54 Å². The van der Waals surface area contributed by atoms with Crippen LogP contribution in [0.5, 0.6) is 0 Å². The van der Waals surface area contributed by atoms with Gasteiger partial charge in [-0.05, 0) is 31.8 Å². The van der Waals surface area contributed by atoms with E-state index in [0.29, 0.717) is 0 Å². The van der Waals surface area contributed by atoms with Crippen molar-refractivity contribution in [3.8, 4) is 0 Å². The minimum atomic E-state index is 0.0702. The van der Waals surface area contributed by atoms with Crippen LogP contribution in [-0.2, 0) is 5.54 Å². The van der Waals surface area contributed by atoms with Crippen LogP contribution < -0.4 is 4.68 Å². The van der Waals surface area contributed by atoms with Gasteiger partial charge in [0.2, 0.25) is 0 Å². The van der Waals surface area contributed by atoms with Gasteiger partial charge in [-0.2, -0.15) is 0 Å². The molecule has 0 aromatic carbocycles. The fraction of sp³-hybridized carbons (Fsp3) is 0.400. The summed E-state index contributed by atoms with van der Waals surface area (Å²) in [6.07, 6.45) is 3.89. The Hall–Kier alpha value is -1.38. The normalized spacial score (nSPS) is 12.2. The van der Waals surface area contributed by atoms with Crippen LogP contribution >= 0.6 is 0 Å². The van der Waals surface area contributed by atoms with Crippen molar-refractivity contribution in [2.45, 2.75) is 26.3 Å². The first-order chi connectivity index (χ1) is 6.09. The summed E-state index contributed by atoms with van der Waals surface area (Å²) in [6.45, 7) is 6.48. The number of fused-ring (bicyclic) bond motifs is 1. The highest BCUT2D eigenvalue weighted by atomic mass is 15.4. The van der Waals surface area contributed by atoms with Gasteiger partial charge >= 0.3 is 6.33 Å². The summed E-state index contributed by atoms with van der Waals surface area (Å²) in [4.78, 5) is 4.31. The van der Waals surface area contributed by atoms with Gasteiger partial charge in [-0.15, -0.1) is 9.20 Å². The lowest BCUT2D eigenvalue weighted by atomic mass is 10.1. The van der Waals surface area contributed by atoms with E-state index < -0.39 is 0 Å². The Kier molecular flexibility index (Phi) is 1.62. The van der Waals surface area contributed by atoms with E-state index in [4.69, 9.17) is 0 Å². The monoisotopic (exact) mass is 176 g/mol. The van der Waals surface area contributed by atoms with Gasteiger partial charge in [0.1, 0.15) is 5.54 Å². The van der Waals surface area contributed by atoms with E-state index in [1.807, 2.05) is 30.7 Å². The van der Waals surface area contributed by atoms with Crippen LogP contribution in [0.15, 0.2) is 30.7 Å². The molecule has 2 aromatic heterocycles. The van der Waals surface area contributed by atoms with Crippen molar-refractivity contribution in [1.29, 1.82) is 0 Å². The number of nitrogens with zero attached hydrogens (tertiary/aromatic N) is 3. The molecule has 68 valence electrons. The minimum absolute atomic E-state index is 0.0702. The summed E-state index contributed by atoms with van der Waals surface area (Å²) in [5, 5.41) is 0. The van der Waals surface area contributed by atoms with Gasteiger partial charge in [0.25, 0.3) is 5.65 Å². The van der Waals surface area contributed by atoms with E-state index in [2.05, 4.69) is 35.0 Å². The van der Waals surface area contributed by atoms with Crippen LogP contribution in [0, 0.1) is 0 Å². The minimum Gasteiger partial charge on any atom is -0.148 e. The molecule has 0 saturated heterocycles. The third kappa shape index (κ3) is 1.30. The van der Waals surface area contributed by atoms with Crippen LogP contribution in [0.4, 0.5) is 0 Å². The SMILES string of the molecule is CC(C)(C)[n+]1cnc2ccccn21. The number of aromatic nitrogens is 3. The third-order valence-corrected chi connectivity index (χ3v) is 2.04. The second kappa shape index (κ2) is 2.55. The molecule has 0 aliphatic heterocycles. The molecule has 2 aromatic rings. The maximum absolute atomic E-state index is 4.31. The first kappa shape index (κ1) is 8.23. The van der Waals surface area contributed by atoms with E-state index in [1.54, 1.807) is 0 Å². The second-order valence-electron chi connectivity index (χ2n) is 4.16. The molecule has 0 saturated carbocycles. The molecule has 2 rings (SSSR count). The number of rotatable bonds is 0. The molecule has 0 atom stereocenters. The van der Waals surface area contributed by atoms with E-state index >= 15 is 0 Å². The zero-order valence-electron chi connectivity index (χ0n) is 8.23. The van der Waals surface area contributed by atoms with Crippen molar-refractivity contribution >= 4 is 5.65 Å². The maximum atomic E-state index is 4.31. The van der Waals surface area contributed by atoms with Crippen molar-refractivity contribution in [3.05, 3.63) is 30.7 Å². The predicted octanol–water partition coefficient (Wildman–Crippen LogP) is 1.38. The Balaban J connectivity index is 2.72. The zero-order chi connectivity index (χ0) is 9.47. The summed E-state index contributed by atoms with van der Waals surface area (Å²) >= 11 is 0. The molecule has 3 heteroatoms. The molecule has 0 spiro atoms. The number of pyridine rings is 1. The van der Waals surface area contributed by atoms with Crippen molar-refractivity contribution in [2.75, 3.05) is 0 Å². The largest absolute Gasteiger partial charge is 0.308 e. The molecule has 0 aliphatic rings. The molecule has 0 aliphatic carbocycles. The molecule has 0 N–H and O–H groups in total. The Morgan fingerprint density at radius 3 is 2.77 bits per heavy atom. The number of hydrogen-bond donors (Lipinski definition) is 0. The quantitative estimate of drug-likeness (QED) is 0.555. The van der Waals surface area contributed by atoms with Crippen molar-refractivity contribution < 1.29 is 4.68 Å². The zero-order valence-corrected chi connectivity index (χ0v) is 8.23. The molecular formula is C10H14N3+. The van der Waals surface area contributed by atoms with Gasteiger partial charge in [0.05, 0.1) is 6.20 Å². The van der Waals surface area contributed by atoms with Crippen LogP contribution in [0.3, 0.4) is 0 Å². The van der Waals surface area contributed by atoms with Crippen molar-refractivity contribution in [3.63, 3.8) is 0 Å². The highest BCUT2D eigenvalue weighted by molar-refractivity contribution is 5.33. The third-order valence-electron chi connectivity index (χ3n) is 2.04. The van der Waals surface area contributed by atoms with Gasteiger partial charge in [-0.3, -0.25) is 0 Å². The maximum Gasteiger partial charge on any atom is 0.308 e. The van der Waals surface area contributed by atoms with E-state index in [0.717, 1.165) is 5.65 Å². The molecule has 2 heterocycles. The molecule has 0 bridgehead atoms. The van der Waals surface area contributed by atoms with Gasteiger partial charge in [-0.25, -0.2) is 0 Å². The number of hydrogen-bond acceptors (Lipinski definition) is 1. The first-order valence-electron chi connectivity index (χ1n) is 4.43. The van der Waals surface area contributed by atoms with Crippen LogP contribution in [-0.4, -0.2) is 9.50 Å². The molecule has 0 fully saturated rings. The lowest BCUT2D eigenvalue weighted by Gasteiger charge is -2.13. The summed E-state index contributed by atoms with van der Waals surface area (Å²) in [5.41, 5.74) is 1.05. The van der Waals surface area contributed by atoms with E-state index in [9.17, 15) is 0 Å². The summed E-state index contributed by atoms with van der Waals surface area (Å²) in [7, 11) is 0. The van der Waals surface area contributed by atoms with Gasteiger partial charge in [-0.1, -0.05) is 6.07 Å². The fourth-order valence-corrected chi connectivity index (χ4v) is 1.38. The van der Waals surface area contributed by atoms with Crippen LogP contribution in [0.25, 0.3) is 5.65 Å². The molecule has 0 amide bonds. The summed E-state index contributed by atoms with van der Waals surface area (Å²) in [6, 6.07) is 6.01. The highest BCUT2D eigenvalue weighted by Gasteiger charge is 2.22. The molecule has 13 heavy (non-hydrogen) atoms. The molecule has 3 nitrogen and oxygen atoms in total. The Morgan fingerprint density at radius 2 is 2.08 bits per heavy atom. The molecule has 0 radical (unpaired) electrons. The van der Waals surface area contributed by atoms with Crippen LogP contribution in [0.2, 0.25) is 0 Å². The smallest absolute Gasteiger partial charge is 0.148 e. The Morgan fingerprint density at radius 1 is 1.31 bits per heavy atom. The average Bonchev–Trinajstić information content (AvgIpc) is 2.45. The van der Waals surface area contributed by atoms with Crippen LogP contribution in [0.1, 0.15) is 20.8 Å². The topological polar surface area (TPSA) is 21.2 Å². The van der Waals surface area contributed by atoms with Gasteiger partial charge in [0, 0.05) is 6.07 Å². The molecule has 0 unspecified atom stereocenters. The lowest BCUT2D eigenvalue weighted by Crippen LogP contribution is -2.53. The Labute approximate surface area is 77.6 Å². The standard InChI is InChI=1S/C10H14N3/c1-10(2,3)13-8-11-9-6-4-5-7-12(9)13/h4-8H,1-3H3/q+1. The van der Waals surface area contributed by atoms with Crippen molar-refractivity contribution in [1.82, 2.24) is 9.50 Å². The summed E-state index contributed by atoms with van der Waals surface area (Å²) < 4.78 is 4.17. The highest BCUT2D eigenvalue weighted by Crippen LogP contribution is 2.04. The fourth-order valence-electron chi connectivity index (χ4n) is 1.38. The van der Waals surface area contributed by atoms with Gasteiger partial charge < -0.3 is 0 Å². The van der Waals surface area contributed by atoms with Crippen molar-refractivity contribution in [2.24, 2.45) is 0 Å². The lowest BCUT2D eigenvalue weighted by molar-refractivity contribution is -0.813. The average molecular weight is 176 g/mol. The van der Waals surface area contributed by atoms with Gasteiger partial charge in [0.15, 0.2) is 0 Å². The molecular weight excluding hydrogens is 162 g/mol.